The molecule has 15 heavy (non-hydrogen) atoms. The molecule has 5 atom stereocenters. The predicted octanol–water partition coefficient (Wildman–Crippen LogP) is -0.994. The number of fused-ring (bicyclic) bond motifs is 1. The maximum atomic E-state index is 11.1. The Morgan fingerprint density at radius 3 is 2.33 bits per heavy atom. The van der Waals surface area contributed by atoms with Gasteiger partial charge in [-0.25, -0.2) is 0 Å². The lowest BCUT2D eigenvalue weighted by atomic mass is 10.0. The molecule has 84 valence electrons. The summed E-state index contributed by atoms with van der Waals surface area (Å²) < 4.78 is 16.0. The normalized spacial score (nSPS) is 44.5. The average molecular weight is 236 g/mol. The number of ether oxygens (including phenoxy) is 1. The molecule has 1 aliphatic heterocycles. The van der Waals surface area contributed by atoms with Crippen molar-refractivity contribution in [2.45, 2.75) is 11.3 Å². The molecule has 0 spiro atoms. The summed E-state index contributed by atoms with van der Waals surface area (Å²) in [6.07, 6.45) is -0.722. The van der Waals surface area contributed by atoms with Crippen LogP contribution >= 0.6 is 8.03 Å². The van der Waals surface area contributed by atoms with Gasteiger partial charge in [-0.05, 0) is 0 Å². The molecule has 2 fully saturated rings. The maximum Gasteiger partial charge on any atom is 0.322 e. The highest BCUT2D eigenvalue weighted by Gasteiger charge is 2.75. The van der Waals surface area contributed by atoms with Gasteiger partial charge in [0.2, 0.25) is 8.03 Å². The summed E-state index contributed by atoms with van der Waals surface area (Å²) in [6, 6.07) is 0. The molecule has 0 aromatic rings. The summed E-state index contributed by atoms with van der Waals surface area (Å²) in [4.78, 5) is 30.7. The molecule has 0 aromatic heterocycles. The van der Waals surface area contributed by atoms with Crippen molar-refractivity contribution in [2.75, 3.05) is 6.61 Å². The third-order valence-corrected chi connectivity index (χ3v) is 4.53. The van der Waals surface area contributed by atoms with Crippen LogP contribution in [0, 0.1) is 11.8 Å². The van der Waals surface area contributed by atoms with E-state index in [0.29, 0.717) is 0 Å². The third kappa shape index (κ3) is 1.17. The summed E-state index contributed by atoms with van der Waals surface area (Å²) in [5.41, 5.74) is 0. The molecular weight excluding hydrogens is 227 g/mol. The second-order valence-electron chi connectivity index (χ2n) is 3.75. The number of hydrogen-bond acceptors (Lipinski definition) is 4. The zero-order valence-corrected chi connectivity index (χ0v) is 8.41. The molecule has 0 amide bonds. The highest BCUT2D eigenvalue weighted by atomic mass is 31.1. The van der Waals surface area contributed by atoms with Gasteiger partial charge in [-0.3, -0.25) is 14.2 Å². The van der Waals surface area contributed by atoms with E-state index in [1.54, 1.807) is 0 Å². The van der Waals surface area contributed by atoms with E-state index in [0.717, 1.165) is 0 Å². The van der Waals surface area contributed by atoms with E-state index in [2.05, 4.69) is 0 Å². The minimum Gasteiger partial charge on any atom is -0.481 e. The first kappa shape index (κ1) is 10.6. The van der Waals surface area contributed by atoms with Crippen LogP contribution in [0.1, 0.15) is 0 Å². The minimum atomic E-state index is -3.38. The Morgan fingerprint density at radius 1 is 1.40 bits per heavy atom. The molecule has 0 radical (unpaired) electrons. The predicted molar refractivity (Wildman–Crippen MR) is 45.9 cm³/mol. The van der Waals surface area contributed by atoms with Crippen LogP contribution in [-0.2, 0) is 18.9 Å². The van der Waals surface area contributed by atoms with Gasteiger partial charge in [-0.15, -0.1) is 0 Å². The lowest BCUT2D eigenvalue weighted by molar-refractivity contribution is -0.144. The Kier molecular flexibility index (Phi) is 2.15. The van der Waals surface area contributed by atoms with Crippen LogP contribution in [0.3, 0.4) is 0 Å². The van der Waals surface area contributed by atoms with E-state index >= 15 is 0 Å². The van der Waals surface area contributed by atoms with Gasteiger partial charge in [-0.2, -0.15) is 0 Å². The van der Waals surface area contributed by atoms with E-state index in [1.165, 1.54) is 0 Å². The van der Waals surface area contributed by atoms with Crippen molar-refractivity contribution in [3.05, 3.63) is 0 Å². The van der Waals surface area contributed by atoms with Gasteiger partial charge in [0.15, 0.2) is 5.16 Å². The zero-order valence-electron chi connectivity index (χ0n) is 7.41. The fourth-order valence-electron chi connectivity index (χ4n) is 2.20. The number of hydrogen-bond donors (Lipinski definition) is 3. The van der Waals surface area contributed by atoms with E-state index in [-0.39, 0.29) is 6.61 Å². The van der Waals surface area contributed by atoms with Crippen molar-refractivity contribution in [1.82, 2.24) is 0 Å². The molecule has 8 heteroatoms. The molecule has 7 nitrogen and oxygen atoms in total. The van der Waals surface area contributed by atoms with Gasteiger partial charge < -0.3 is 19.8 Å². The van der Waals surface area contributed by atoms with E-state index in [1.807, 2.05) is 0 Å². The summed E-state index contributed by atoms with van der Waals surface area (Å²) in [5, 5.41) is 15.7. The molecule has 1 heterocycles. The van der Waals surface area contributed by atoms with Gasteiger partial charge in [0.1, 0.15) is 0 Å². The number of aliphatic carboxylic acids is 2. The van der Waals surface area contributed by atoms with E-state index < -0.39 is 43.1 Å². The SMILES string of the molecule is O=C(O)C1C2OCC(C(=O)O)([PH](=O)O)C21. The summed E-state index contributed by atoms with van der Waals surface area (Å²) in [7, 11) is -3.38. The van der Waals surface area contributed by atoms with Crippen molar-refractivity contribution in [1.29, 1.82) is 0 Å². The van der Waals surface area contributed by atoms with Crippen molar-refractivity contribution in [3.8, 4) is 0 Å². The van der Waals surface area contributed by atoms with Crippen LogP contribution in [-0.4, -0.2) is 44.9 Å². The molecule has 2 rings (SSSR count). The first-order valence-electron chi connectivity index (χ1n) is 4.24. The van der Waals surface area contributed by atoms with Crippen molar-refractivity contribution in [2.24, 2.45) is 11.8 Å². The molecule has 5 unspecified atom stereocenters. The van der Waals surface area contributed by atoms with Gasteiger partial charge in [0, 0.05) is 5.92 Å². The highest BCUT2D eigenvalue weighted by molar-refractivity contribution is 7.41. The molecule has 0 bridgehead atoms. The lowest BCUT2D eigenvalue weighted by Crippen LogP contribution is -2.40. The molecular formula is C7H9O7P. The van der Waals surface area contributed by atoms with Crippen molar-refractivity contribution < 1.29 is 34.0 Å². The number of rotatable bonds is 3. The Balaban J connectivity index is 2.34. The van der Waals surface area contributed by atoms with Crippen LogP contribution in [0.5, 0.6) is 0 Å². The Labute approximate surface area is 84.5 Å². The van der Waals surface area contributed by atoms with Gasteiger partial charge in [0.25, 0.3) is 0 Å². The standard InChI is InChI=1S/C7H9O7P/c8-5(9)2-3-4(2)14-1-7(3,6(10)11)15(12)13/h2-4,15H,1H2,(H,8,9)(H,10,11)(H,12,13). The Morgan fingerprint density at radius 2 is 2.00 bits per heavy atom. The number of carboxylic acids is 2. The van der Waals surface area contributed by atoms with Crippen LogP contribution in [0.15, 0.2) is 0 Å². The molecule has 1 saturated carbocycles. The molecule has 2 aliphatic rings. The topological polar surface area (TPSA) is 121 Å². The molecule has 1 aliphatic carbocycles. The number of carbonyl (C=O) groups is 2. The van der Waals surface area contributed by atoms with Crippen LogP contribution < -0.4 is 0 Å². The second kappa shape index (κ2) is 3.04. The van der Waals surface area contributed by atoms with Gasteiger partial charge in [-0.1, -0.05) is 0 Å². The van der Waals surface area contributed by atoms with Crippen molar-refractivity contribution in [3.63, 3.8) is 0 Å². The largest absolute Gasteiger partial charge is 0.481 e. The lowest BCUT2D eigenvalue weighted by Gasteiger charge is -2.21. The molecule has 1 saturated heterocycles. The first-order valence-corrected chi connectivity index (χ1v) is 5.59. The number of carboxylic acid groups (broad SMARTS) is 2. The van der Waals surface area contributed by atoms with Crippen molar-refractivity contribution >= 4 is 20.0 Å². The average Bonchev–Trinajstić information content (AvgIpc) is 2.70. The molecule has 3 N–H and O–H groups in total. The Bertz CT molecular complexity index is 350. The Hall–Kier alpha value is -0.910. The van der Waals surface area contributed by atoms with Crippen LogP contribution in [0.25, 0.3) is 0 Å². The van der Waals surface area contributed by atoms with Crippen LogP contribution in [0.4, 0.5) is 0 Å². The maximum absolute atomic E-state index is 11.1. The van der Waals surface area contributed by atoms with E-state index in [4.69, 9.17) is 19.8 Å². The van der Waals surface area contributed by atoms with Crippen LogP contribution in [0.2, 0.25) is 0 Å². The van der Waals surface area contributed by atoms with E-state index in [9.17, 15) is 14.2 Å². The second-order valence-corrected chi connectivity index (χ2v) is 5.25. The summed E-state index contributed by atoms with van der Waals surface area (Å²) in [5.74, 6) is -4.47. The highest BCUT2D eigenvalue weighted by Crippen LogP contribution is 2.62. The third-order valence-electron chi connectivity index (χ3n) is 3.07. The summed E-state index contributed by atoms with van der Waals surface area (Å²) in [6.45, 7) is -0.379. The van der Waals surface area contributed by atoms with Gasteiger partial charge >= 0.3 is 11.9 Å². The fraction of sp³-hybridized carbons (Fsp3) is 0.714. The summed E-state index contributed by atoms with van der Waals surface area (Å²) >= 11 is 0. The molecule has 0 aromatic carbocycles. The monoisotopic (exact) mass is 236 g/mol. The first-order chi connectivity index (χ1) is 6.93. The smallest absolute Gasteiger partial charge is 0.322 e. The zero-order chi connectivity index (χ0) is 11.4. The van der Waals surface area contributed by atoms with Gasteiger partial charge in [0.05, 0.1) is 18.6 Å². The fourth-order valence-corrected chi connectivity index (χ4v) is 3.21. The quantitative estimate of drug-likeness (QED) is 0.537. The minimum absolute atomic E-state index is 0.379.